The SMILES string of the molecule is CCC(C)(C)Cc1cccc(CC(C)(C)CC)c1O. The maximum absolute atomic E-state index is 10.5. The summed E-state index contributed by atoms with van der Waals surface area (Å²) >= 11 is 0. The Kier molecular flexibility index (Phi) is 5.06. The summed E-state index contributed by atoms with van der Waals surface area (Å²) in [5.74, 6) is 0.519. The molecule has 108 valence electrons. The number of benzene rings is 1. The van der Waals surface area contributed by atoms with E-state index in [2.05, 4.69) is 59.7 Å². The lowest BCUT2D eigenvalue weighted by Crippen LogP contribution is -2.15. The Bertz CT molecular complexity index is 379. The summed E-state index contributed by atoms with van der Waals surface area (Å²) in [4.78, 5) is 0. The molecule has 19 heavy (non-hydrogen) atoms. The maximum atomic E-state index is 10.5. The standard InChI is InChI=1S/C18H30O/c1-7-17(3,4)12-14-10-9-11-15(16(14)19)13-18(5,6)8-2/h9-11,19H,7-8,12-13H2,1-6H3. The highest BCUT2D eigenvalue weighted by Crippen LogP contribution is 2.35. The highest BCUT2D eigenvalue weighted by Gasteiger charge is 2.22. The first-order valence-electron chi connectivity index (χ1n) is 7.50. The molecule has 0 unspecified atom stereocenters. The Labute approximate surface area is 119 Å². The molecular weight excluding hydrogens is 232 g/mol. The van der Waals surface area contributed by atoms with Crippen molar-refractivity contribution in [2.24, 2.45) is 10.8 Å². The van der Waals surface area contributed by atoms with Crippen LogP contribution in [0.1, 0.15) is 65.5 Å². The van der Waals surface area contributed by atoms with E-state index in [1.54, 1.807) is 0 Å². The van der Waals surface area contributed by atoms with Crippen molar-refractivity contribution in [2.75, 3.05) is 0 Å². The maximum Gasteiger partial charge on any atom is 0.121 e. The first kappa shape index (κ1) is 16.1. The van der Waals surface area contributed by atoms with Gasteiger partial charge in [0, 0.05) is 0 Å². The molecule has 0 aliphatic carbocycles. The van der Waals surface area contributed by atoms with Gasteiger partial charge in [0.1, 0.15) is 5.75 Å². The number of para-hydroxylation sites is 1. The fourth-order valence-corrected chi connectivity index (χ4v) is 2.21. The molecule has 0 atom stereocenters. The number of rotatable bonds is 6. The number of hydrogen-bond acceptors (Lipinski definition) is 1. The molecule has 0 saturated heterocycles. The van der Waals surface area contributed by atoms with Gasteiger partial charge in [-0.15, -0.1) is 0 Å². The molecule has 1 aromatic rings. The summed E-state index contributed by atoms with van der Waals surface area (Å²) in [6.07, 6.45) is 4.12. The zero-order chi connectivity index (χ0) is 14.7. The highest BCUT2D eigenvalue weighted by atomic mass is 16.3. The van der Waals surface area contributed by atoms with Crippen LogP contribution < -0.4 is 0 Å². The lowest BCUT2D eigenvalue weighted by atomic mass is 9.80. The molecule has 1 heteroatoms. The molecule has 1 aromatic carbocycles. The third kappa shape index (κ3) is 4.56. The Hall–Kier alpha value is -0.980. The predicted molar refractivity (Wildman–Crippen MR) is 83.7 cm³/mol. The quantitative estimate of drug-likeness (QED) is 0.732. The van der Waals surface area contributed by atoms with E-state index in [0.717, 1.165) is 36.8 Å². The lowest BCUT2D eigenvalue weighted by molar-refractivity contribution is 0.331. The average Bonchev–Trinajstić information content (AvgIpc) is 2.34. The zero-order valence-electron chi connectivity index (χ0n) is 13.5. The summed E-state index contributed by atoms with van der Waals surface area (Å²) in [6.45, 7) is 13.5. The second-order valence-electron chi connectivity index (χ2n) is 7.31. The van der Waals surface area contributed by atoms with Gasteiger partial charge in [0.05, 0.1) is 0 Å². The Morgan fingerprint density at radius 3 is 1.53 bits per heavy atom. The summed E-state index contributed by atoms with van der Waals surface area (Å²) in [5.41, 5.74) is 2.68. The van der Waals surface area contributed by atoms with Crippen LogP contribution in [0, 0.1) is 10.8 Å². The van der Waals surface area contributed by atoms with Crippen LogP contribution in [0.5, 0.6) is 5.75 Å². The van der Waals surface area contributed by atoms with Crippen molar-refractivity contribution in [1.29, 1.82) is 0 Å². The van der Waals surface area contributed by atoms with Gasteiger partial charge in [-0.25, -0.2) is 0 Å². The molecule has 0 saturated carbocycles. The third-order valence-corrected chi connectivity index (χ3v) is 4.46. The van der Waals surface area contributed by atoms with E-state index in [1.165, 1.54) is 0 Å². The summed E-state index contributed by atoms with van der Waals surface area (Å²) in [5, 5.41) is 10.5. The molecule has 1 nitrogen and oxygen atoms in total. The van der Waals surface area contributed by atoms with E-state index in [0.29, 0.717) is 5.75 Å². The van der Waals surface area contributed by atoms with E-state index in [-0.39, 0.29) is 10.8 Å². The minimum Gasteiger partial charge on any atom is -0.507 e. The van der Waals surface area contributed by atoms with Crippen LogP contribution >= 0.6 is 0 Å². The summed E-state index contributed by atoms with van der Waals surface area (Å²) < 4.78 is 0. The minimum absolute atomic E-state index is 0.246. The monoisotopic (exact) mass is 262 g/mol. The van der Waals surface area contributed by atoms with Crippen molar-refractivity contribution in [3.8, 4) is 5.75 Å². The van der Waals surface area contributed by atoms with E-state index in [9.17, 15) is 5.11 Å². The second-order valence-corrected chi connectivity index (χ2v) is 7.31. The first-order valence-corrected chi connectivity index (χ1v) is 7.50. The molecule has 1 N–H and O–H groups in total. The topological polar surface area (TPSA) is 20.2 Å². The van der Waals surface area contributed by atoms with E-state index in [1.807, 2.05) is 0 Å². The molecule has 0 spiro atoms. The van der Waals surface area contributed by atoms with Gasteiger partial charge in [0.15, 0.2) is 0 Å². The van der Waals surface area contributed by atoms with Gasteiger partial charge in [-0.2, -0.15) is 0 Å². The normalized spacial score (nSPS) is 12.7. The van der Waals surface area contributed by atoms with Crippen LogP contribution in [0.3, 0.4) is 0 Å². The van der Waals surface area contributed by atoms with Crippen molar-refractivity contribution in [3.63, 3.8) is 0 Å². The van der Waals surface area contributed by atoms with Crippen molar-refractivity contribution < 1.29 is 5.11 Å². The minimum atomic E-state index is 0.246. The van der Waals surface area contributed by atoms with Crippen molar-refractivity contribution in [1.82, 2.24) is 0 Å². The Morgan fingerprint density at radius 2 is 1.21 bits per heavy atom. The summed E-state index contributed by atoms with van der Waals surface area (Å²) in [6, 6.07) is 6.21. The molecule has 0 amide bonds. The lowest BCUT2D eigenvalue weighted by Gasteiger charge is -2.26. The Morgan fingerprint density at radius 1 is 0.842 bits per heavy atom. The van der Waals surface area contributed by atoms with Crippen LogP contribution in [0.4, 0.5) is 0 Å². The highest BCUT2D eigenvalue weighted by molar-refractivity contribution is 5.41. The van der Waals surface area contributed by atoms with Crippen molar-refractivity contribution >= 4 is 0 Å². The van der Waals surface area contributed by atoms with Gasteiger partial charge in [-0.1, -0.05) is 72.6 Å². The average molecular weight is 262 g/mol. The predicted octanol–water partition coefficient (Wildman–Crippen LogP) is 5.35. The van der Waals surface area contributed by atoms with Gasteiger partial charge >= 0.3 is 0 Å². The molecule has 0 heterocycles. The fraction of sp³-hybridized carbons (Fsp3) is 0.667. The van der Waals surface area contributed by atoms with Gasteiger partial charge in [-0.05, 0) is 34.8 Å². The summed E-state index contributed by atoms with van der Waals surface area (Å²) in [7, 11) is 0. The van der Waals surface area contributed by atoms with Crippen molar-refractivity contribution in [3.05, 3.63) is 29.3 Å². The van der Waals surface area contributed by atoms with Crippen LogP contribution in [0.15, 0.2) is 18.2 Å². The van der Waals surface area contributed by atoms with Gasteiger partial charge in [-0.3, -0.25) is 0 Å². The van der Waals surface area contributed by atoms with Crippen LogP contribution in [0.2, 0.25) is 0 Å². The molecule has 0 radical (unpaired) electrons. The van der Waals surface area contributed by atoms with Gasteiger partial charge in [0.2, 0.25) is 0 Å². The number of hydrogen-bond donors (Lipinski definition) is 1. The third-order valence-electron chi connectivity index (χ3n) is 4.46. The molecule has 0 aliphatic heterocycles. The Balaban J connectivity index is 2.99. The number of phenolic OH excluding ortho intramolecular Hbond substituents is 1. The zero-order valence-corrected chi connectivity index (χ0v) is 13.5. The fourth-order valence-electron chi connectivity index (χ4n) is 2.21. The van der Waals surface area contributed by atoms with Crippen LogP contribution in [-0.2, 0) is 12.8 Å². The smallest absolute Gasteiger partial charge is 0.121 e. The molecule has 0 aliphatic rings. The van der Waals surface area contributed by atoms with Crippen LogP contribution in [-0.4, -0.2) is 5.11 Å². The second kappa shape index (κ2) is 5.98. The van der Waals surface area contributed by atoms with E-state index < -0.39 is 0 Å². The molecule has 0 fully saturated rings. The largest absolute Gasteiger partial charge is 0.507 e. The van der Waals surface area contributed by atoms with E-state index >= 15 is 0 Å². The first-order chi connectivity index (χ1) is 8.71. The number of aromatic hydroxyl groups is 1. The van der Waals surface area contributed by atoms with Gasteiger partial charge < -0.3 is 5.11 Å². The molecule has 0 bridgehead atoms. The van der Waals surface area contributed by atoms with Crippen molar-refractivity contribution in [2.45, 2.75) is 67.2 Å². The van der Waals surface area contributed by atoms with Gasteiger partial charge in [0.25, 0.3) is 0 Å². The molecule has 0 aromatic heterocycles. The molecule has 1 rings (SSSR count). The molecular formula is C18H30O. The number of phenols is 1. The van der Waals surface area contributed by atoms with E-state index in [4.69, 9.17) is 0 Å². The van der Waals surface area contributed by atoms with Crippen LogP contribution in [0.25, 0.3) is 0 Å².